The number of nitrogen functional groups attached to an aromatic ring is 1. The summed E-state index contributed by atoms with van der Waals surface area (Å²) in [4.78, 5) is 33.0. The summed E-state index contributed by atoms with van der Waals surface area (Å²) in [6.45, 7) is 0.469. The van der Waals surface area contributed by atoms with Crippen LogP contribution >= 0.6 is 0 Å². The van der Waals surface area contributed by atoms with Crippen LogP contribution in [0.15, 0.2) is 41.2 Å². The molecule has 4 rings (SSSR count). The summed E-state index contributed by atoms with van der Waals surface area (Å²) in [6, 6.07) is 11.4. The largest absolute Gasteiger partial charge is 0.369 e. The molecule has 3 N–H and O–H groups in total. The minimum atomic E-state index is -0.298. The fourth-order valence-corrected chi connectivity index (χ4v) is 3.01. The highest BCUT2D eigenvalue weighted by Crippen LogP contribution is 2.23. The van der Waals surface area contributed by atoms with E-state index in [0.29, 0.717) is 17.0 Å². The van der Waals surface area contributed by atoms with E-state index in [1.807, 2.05) is 30.3 Å². The SMILES string of the molecule is Cn1nc(-c2ccccc2)cc1C(=O)N1Cc2nc(N)[nH]c(=O)c2C1. The maximum Gasteiger partial charge on any atom is 0.272 e. The van der Waals surface area contributed by atoms with Gasteiger partial charge in [-0.3, -0.25) is 19.3 Å². The lowest BCUT2D eigenvalue weighted by molar-refractivity contribution is 0.0739. The average Bonchev–Trinajstić information content (AvgIpc) is 3.19. The zero-order chi connectivity index (χ0) is 17.6. The van der Waals surface area contributed by atoms with E-state index in [0.717, 1.165) is 11.3 Å². The Morgan fingerprint density at radius 2 is 2.00 bits per heavy atom. The zero-order valence-electron chi connectivity index (χ0n) is 13.6. The van der Waals surface area contributed by atoms with Crippen molar-refractivity contribution in [1.29, 1.82) is 0 Å². The first-order valence-electron chi connectivity index (χ1n) is 7.79. The quantitative estimate of drug-likeness (QED) is 0.723. The van der Waals surface area contributed by atoms with Crippen LogP contribution in [0.2, 0.25) is 0 Å². The van der Waals surface area contributed by atoms with Gasteiger partial charge in [-0.2, -0.15) is 5.10 Å². The molecule has 8 heteroatoms. The molecule has 0 atom stereocenters. The van der Waals surface area contributed by atoms with Gasteiger partial charge in [-0.15, -0.1) is 0 Å². The van der Waals surface area contributed by atoms with Crippen molar-refractivity contribution in [2.75, 3.05) is 5.73 Å². The molecule has 0 fully saturated rings. The molecule has 0 saturated carbocycles. The van der Waals surface area contributed by atoms with E-state index in [2.05, 4.69) is 15.1 Å². The van der Waals surface area contributed by atoms with Gasteiger partial charge in [0.1, 0.15) is 5.69 Å². The maximum atomic E-state index is 12.9. The van der Waals surface area contributed by atoms with Crippen LogP contribution in [-0.4, -0.2) is 30.6 Å². The normalized spacial score (nSPS) is 13.1. The van der Waals surface area contributed by atoms with Crippen LogP contribution in [0.1, 0.15) is 21.7 Å². The molecule has 126 valence electrons. The number of fused-ring (bicyclic) bond motifs is 1. The first kappa shape index (κ1) is 15.1. The monoisotopic (exact) mass is 336 g/mol. The molecular weight excluding hydrogens is 320 g/mol. The number of hydrogen-bond donors (Lipinski definition) is 2. The van der Waals surface area contributed by atoms with Gasteiger partial charge in [0.05, 0.1) is 30.0 Å². The second kappa shape index (κ2) is 5.59. The molecule has 0 saturated heterocycles. The molecule has 2 aromatic heterocycles. The van der Waals surface area contributed by atoms with Crippen molar-refractivity contribution >= 4 is 11.9 Å². The van der Waals surface area contributed by atoms with Gasteiger partial charge < -0.3 is 10.6 Å². The smallest absolute Gasteiger partial charge is 0.272 e. The van der Waals surface area contributed by atoms with E-state index in [4.69, 9.17) is 5.73 Å². The predicted molar refractivity (Wildman–Crippen MR) is 91.5 cm³/mol. The third-order valence-corrected chi connectivity index (χ3v) is 4.26. The molecule has 8 nitrogen and oxygen atoms in total. The second-order valence-electron chi connectivity index (χ2n) is 5.94. The fourth-order valence-electron chi connectivity index (χ4n) is 3.01. The molecule has 3 aromatic rings. The Bertz CT molecular complexity index is 1020. The number of benzene rings is 1. The summed E-state index contributed by atoms with van der Waals surface area (Å²) >= 11 is 0. The number of carbonyl (C=O) groups is 1. The zero-order valence-corrected chi connectivity index (χ0v) is 13.6. The Balaban J connectivity index is 1.64. The Morgan fingerprint density at radius 3 is 2.76 bits per heavy atom. The first-order chi connectivity index (χ1) is 12.0. The van der Waals surface area contributed by atoms with Crippen LogP contribution < -0.4 is 11.3 Å². The number of hydrogen-bond acceptors (Lipinski definition) is 5. The number of aryl methyl sites for hydroxylation is 1. The number of nitrogens with one attached hydrogen (secondary N) is 1. The van der Waals surface area contributed by atoms with Gasteiger partial charge in [0.25, 0.3) is 11.5 Å². The van der Waals surface area contributed by atoms with E-state index in [1.54, 1.807) is 22.7 Å². The number of H-pyrrole nitrogens is 1. The molecule has 0 spiro atoms. The van der Waals surface area contributed by atoms with Gasteiger partial charge in [-0.05, 0) is 6.07 Å². The topological polar surface area (TPSA) is 110 Å². The van der Waals surface area contributed by atoms with Gasteiger partial charge in [0.2, 0.25) is 5.95 Å². The van der Waals surface area contributed by atoms with E-state index in [1.165, 1.54) is 0 Å². The number of anilines is 1. The fraction of sp³-hybridized carbons (Fsp3) is 0.176. The second-order valence-corrected chi connectivity index (χ2v) is 5.94. The van der Waals surface area contributed by atoms with Gasteiger partial charge in [0.15, 0.2) is 0 Å². The van der Waals surface area contributed by atoms with Gasteiger partial charge in [-0.25, -0.2) is 4.98 Å². The number of rotatable bonds is 2. The van der Waals surface area contributed by atoms with Gasteiger partial charge in [-0.1, -0.05) is 30.3 Å². The highest BCUT2D eigenvalue weighted by molar-refractivity contribution is 5.94. The predicted octanol–water partition coefficient (Wildman–Crippen LogP) is 0.909. The number of nitrogens with zero attached hydrogens (tertiary/aromatic N) is 4. The van der Waals surface area contributed by atoms with Crippen LogP contribution in [-0.2, 0) is 20.1 Å². The van der Waals surface area contributed by atoms with Crippen LogP contribution in [0.3, 0.4) is 0 Å². The molecule has 25 heavy (non-hydrogen) atoms. The van der Waals surface area contributed by atoms with Crippen molar-refractivity contribution in [3.8, 4) is 11.3 Å². The highest BCUT2D eigenvalue weighted by Gasteiger charge is 2.29. The first-order valence-corrected chi connectivity index (χ1v) is 7.79. The van der Waals surface area contributed by atoms with Crippen LogP contribution in [0.25, 0.3) is 11.3 Å². The molecule has 1 aliphatic heterocycles. The van der Waals surface area contributed by atoms with Crippen molar-refractivity contribution in [2.45, 2.75) is 13.1 Å². The number of aromatic nitrogens is 4. The third-order valence-electron chi connectivity index (χ3n) is 4.26. The number of nitrogens with two attached hydrogens (primary N) is 1. The molecule has 1 aliphatic rings. The number of amides is 1. The molecular formula is C17H16N6O2. The van der Waals surface area contributed by atoms with Crippen LogP contribution in [0, 0.1) is 0 Å². The van der Waals surface area contributed by atoms with Crippen molar-refractivity contribution in [3.63, 3.8) is 0 Å². The minimum Gasteiger partial charge on any atom is -0.369 e. The Hall–Kier alpha value is -3.42. The van der Waals surface area contributed by atoms with Crippen molar-refractivity contribution < 1.29 is 4.79 Å². The third kappa shape index (κ3) is 2.57. The summed E-state index contributed by atoms with van der Waals surface area (Å²) in [5, 5.41) is 4.42. The molecule has 3 heterocycles. The van der Waals surface area contributed by atoms with E-state index >= 15 is 0 Å². The molecule has 0 aliphatic carbocycles. The van der Waals surface area contributed by atoms with Crippen molar-refractivity contribution in [1.82, 2.24) is 24.6 Å². The Morgan fingerprint density at radius 1 is 1.24 bits per heavy atom. The highest BCUT2D eigenvalue weighted by atomic mass is 16.2. The standard InChI is InChI=1S/C17H16N6O2/c1-22-14(7-12(21-22)10-5-3-2-4-6-10)16(25)23-8-11-13(9-23)19-17(18)20-15(11)24/h2-7H,8-9H2,1H3,(H3,18,19,20,24). The lowest BCUT2D eigenvalue weighted by Gasteiger charge is -2.14. The summed E-state index contributed by atoms with van der Waals surface area (Å²) < 4.78 is 1.56. The molecule has 0 unspecified atom stereocenters. The molecule has 0 radical (unpaired) electrons. The summed E-state index contributed by atoms with van der Waals surface area (Å²) in [7, 11) is 1.73. The lowest BCUT2D eigenvalue weighted by atomic mass is 10.1. The molecule has 1 amide bonds. The van der Waals surface area contributed by atoms with E-state index in [9.17, 15) is 9.59 Å². The van der Waals surface area contributed by atoms with Crippen molar-refractivity contribution in [2.24, 2.45) is 7.05 Å². The van der Waals surface area contributed by atoms with Crippen molar-refractivity contribution in [3.05, 3.63) is 63.7 Å². The summed E-state index contributed by atoms with van der Waals surface area (Å²) in [6.07, 6.45) is 0. The maximum absolute atomic E-state index is 12.9. The summed E-state index contributed by atoms with van der Waals surface area (Å²) in [5.74, 6) is -0.141. The van der Waals surface area contributed by atoms with Crippen LogP contribution in [0.4, 0.5) is 5.95 Å². The average molecular weight is 336 g/mol. The minimum absolute atomic E-state index is 0.0601. The summed E-state index contributed by atoms with van der Waals surface area (Å²) in [5.41, 5.74) is 8.41. The van der Waals surface area contributed by atoms with Gasteiger partial charge in [0, 0.05) is 12.6 Å². The van der Waals surface area contributed by atoms with Gasteiger partial charge >= 0.3 is 0 Å². The van der Waals surface area contributed by atoms with E-state index < -0.39 is 0 Å². The Labute approximate surface area is 142 Å². The Kier molecular flexibility index (Phi) is 3.38. The molecule has 0 bridgehead atoms. The van der Waals surface area contributed by atoms with E-state index in [-0.39, 0.29) is 30.5 Å². The molecule has 1 aromatic carbocycles. The number of aromatic amines is 1. The van der Waals surface area contributed by atoms with Crippen LogP contribution in [0.5, 0.6) is 0 Å². The number of carbonyl (C=O) groups excluding carboxylic acids is 1. The lowest BCUT2D eigenvalue weighted by Crippen LogP contribution is -2.28.